The third kappa shape index (κ3) is 3.51. The van der Waals surface area contributed by atoms with Crippen LogP contribution in [0.25, 0.3) is 11.3 Å². The van der Waals surface area contributed by atoms with Gasteiger partial charge in [-0.1, -0.05) is 60.7 Å². The van der Waals surface area contributed by atoms with Crippen LogP contribution in [-0.4, -0.2) is 33.3 Å². The predicted octanol–water partition coefficient (Wildman–Crippen LogP) is 4.10. The zero-order chi connectivity index (χ0) is 19.5. The van der Waals surface area contributed by atoms with E-state index in [1.165, 1.54) is 0 Å². The SMILES string of the molecule is Cc1cc(-c2ccccc2)ncc1[C@H]1[C@@H](C(=O)O)N=CN1Cc1ccccc1. The van der Waals surface area contributed by atoms with E-state index >= 15 is 0 Å². The van der Waals surface area contributed by atoms with E-state index in [1.807, 2.05) is 78.6 Å². The molecule has 0 saturated heterocycles. The molecule has 5 heteroatoms. The van der Waals surface area contributed by atoms with Crippen LogP contribution < -0.4 is 0 Å². The average Bonchev–Trinajstić information content (AvgIpc) is 3.13. The number of aryl methyl sites for hydroxylation is 1. The van der Waals surface area contributed by atoms with Gasteiger partial charge in [0, 0.05) is 18.3 Å². The smallest absolute Gasteiger partial charge is 0.331 e. The van der Waals surface area contributed by atoms with Crippen LogP contribution in [0.15, 0.2) is 77.9 Å². The monoisotopic (exact) mass is 371 g/mol. The van der Waals surface area contributed by atoms with Crippen molar-refractivity contribution in [3.63, 3.8) is 0 Å². The lowest BCUT2D eigenvalue weighted by atomic mass is 9.95. The maximum Gasteiger partial charge on any atom is 0.331 e. The second kappa shape index (κ2) is 7.64. The summed E-state index contributed by atoms with van der Waals surface area (Å²) in [6.45, 7) is 2.60. The van der Waals surface area contributed by atoms with E-state index in [0.717, 1.165) is 27.9 Å². The molecule has 1 N–H and O–H groups in total. The van der Waals surface area contributed by atoms with E-state index in [1.54, 1.807) is 12.5 Å². The number of aliphatic imine (C=N–C) groups is 1. The molecule has 0 radical (unpaired) electrons. The first-order valence-corrected chi connectivity index (χ1v) is 9.21. The van der Waals surface area contributed by atoms with Crippen LogP contribution in [0.3, 0.4) is 0 Å². The van der Waals surface area contributed by atoms with Gasteiger partial charge in [0.15, 0.2) is 6.04 Å². The summed E-state index contributed by atoms with van der Waals surface area (Å²) in [4.78, 5) is 22.7. The van der Waals surface area contributed by atoms with Crippen molar-refractivity contribution in [1.29, 1.82) is 0 Å². The Hall–Kier alpha value is -3.47. The minimum Gasteiger partial charge on any atom is -0.480 e. The fourth-order valence-electron chi connectivity index (χ4n) is 3.62. The number of nitrogens with zero attached hydrogens (tertiary/aromatic N) is 3. The molecule has 0 aliphatic carbocycles. The molecule has 1 aromatic heterocycles. The molecule has 2 aromatic carbocycles. The second-order valence-electron chi connectivity index (χ2n) is 6.94. The van der Waals surface area contributed by atoms with Gasteiger partial charge in [-0.05, 0) is 29.7 Å². The van der Waals surface area contributed by atoms with Gasteiger partial charge in [-0.25, -0.2) is 4.79 Å². The number of hydrogen-bond donors (Lipinski definition) is 1. The molecule has 0 unspecified atom stereocenters. The van der Waals surface area contributed by atoms with Crippen molar-refractivity contribution >= 4 is 12.3 Å². The van der Waals surface area contributed by atoms with Crippen molar-refractivity contribution in [2.24, 2.45) is 4.99 Å². The highest BCUT2D eigenvalue weighted by atomic mass is 16.4. The lowest BCUT2D eigenvalue weighted by molar-refractivity contribution is -0.139. The molecule has 28 heavy (non-hydrogen) atoms. The molecule has 0 spiro atoms. The highest BCUT2D eigenvalue weighted by molar-refractivity contribution is 5.80. The van der Waals surface area contributed by atoms with E-state index in [0.29, 0.717) is 6.54 Å². The zero-order valence-corrected chi connectivity index (χ0v) is 15.6. The molecule has 2 heterocycles. The number of hydrogen-bond acceptors (Lipinski definition) is 4. The number of carboxylic acids is 1. The van der Waals surface area contributed by atoms with Gasteiger partial charge < -0.3 is 10.0 Å². The third-order valence-electron chi connectivity index (χ3n) is 5.03. The van der Waals surface area contributed by atoms with Gasteiger partial charge in [0.2, 0.25) is 0 Å². The Bertz CT molecular complexity index is 1000. The Morgan fingerprint density at radius 2 is 1.75 bits per heavy atom. The quantitative estimate of drug-likeness (QED) is 0.733. The van der Waals surface area contributed by atoms with Crippen molar-refractivity contribution in [1.82, 2.24) is 9.88 Å². The summed E-state index contributed by atoms with van der Waals surface area (Å²) >= 11 is 0. The first-order valence-electron chi connectivity index (χ1n) is 9.21. The Balaban J connectivity index is 1.68. The lowest BCUT2D eigenvalue weighted by Crippen LogP contribution is -2.33. The van der Waals surface area contributed by atoms with Crippen LogP contribution in [0.4, 0.5) is 0 Å². The predicted molar refractivity (Wildman–Crippen MR) is 109 cm³/mol. The fourth-order valence-corrected chi connectivity index (χ4v) is 3.62. The number of carbonyl (C=O) groups is 1. The van der Waals surface area contributed by atoms with E-state index < -0.39 is 12.0 Å². The van der Waals surface area contributed by atoms with Crippen molar-refractivity contribution < 1.29 is 9.90 Å². The highest BCUT2D eigenvalue weighted by Crippen LogP contribution is 2.34. The van der Waals surface area contributed by atoms with Crippen LogP contribution in [0, 0.1) is 6.92 Å². The molecule has 1 aliphatic heterocycles. The molecule has 0 amide bonds. The topological polar surface area (TPSA) is 65.8 Å². The average molecular weight is 371 g/mol. The molecule has 140 valence electrons. The van der Waals surface area contributed by atoms with E-state index in [2.05, 4.69) is 9.98 Å². The number of pyridine rings is 1. The van der Waals surface area contributed by atoms with Gasteiger partial charge in [-0.15, -0.1) is 0 Å². The number of rotatable bonds is 5. The van der Waals surface area contributed by atoms with Crippen LogP contribution in [-0.2, 0) is 11.3 Å². The molecular weight excluding hydrogens is 350 g/mol. The van der Waals surface area contributed by atoms with Crippen LogP contribution in [0.5, 0.6) is 0 Å². The summed E-state index contributed by atoms with van der Waals surface area (Å²) in [6, 6.07) is 20.7. The molecule has 0 saturated carbocycles. The normalized spacial score (nSPS) is 18.4. The minimum atomic E-state index is -0.927. The van der Waals surface area contributed by atoms with Gasteiger partial charge in [-0.2, -0.15) is 0 Å². The number of benzene rings is 2. The second-order valence-corrected chi connectivity index (χ2v) is 6.94. The molecule has 0 fully saturated rings. The molecule has 0 bridgehead atoms. The van der Waals surface area contributed by atoms with E-state index in [4.69, 9.17) is 0 Å². The van der Waals surface area contributed by atoms with Crippen molar-refractivity contribution in [3.8, 4) is 11.3 Å². The molecule has 3 aromatic rings. The van der Waals surface area contributed by atoms with Crippen LogP contribution in [0.2, 0.25) is 0 Å². The van der Waals surface area contributed by atoms with Gasteiger partial charge in [-0.3, -0.25) is 9.98 Å². The summed E-state index contributed by atoms with van der Waals surface area (Å²) in [7, 11) is 0. The summed E-state index contributed by atoms with van der Waals surface area (Å²) in [5, 5.41) is 9.69. The van der Waals surface area contributed by atoms with Crippen LogP contribution >= 0.6 is 0 Å². The lowest BCUT2D eigenvalue weighted by Gasteiger charge is -2.28. The van der Waals surface area contributed by atoms with E-state index in [9.17, 15) is 9.90 Å². The largest absolute Gasteiger partial charge is 0.480 e. The first kappa shape index (κ1) is 17.9. The minimum absolute atomic E-state index is 0.380. The van der Waals surface area contributed by atoms with E-state index in [-0.39, 0.29) is 6.04 Å². The fraction of sp³-hybridized carbons (Fsp3) is 0.174. The summed E-state index contributed by atoms with van der Waals surface area (Å²) in [5.41, 5.74) is 4.92. The van der Waals surface area contributed by atoms with Gasteiger partial charge >= 0.3 is 5.97 Å². The zero-order valence-electron chi connectivity index (χ0n) is 15.6. The highest BCUT2D eigenvalue weighted by Gasteiger charge is 2.38. The maximum atomic E-state index is 11.8. The Morgan fingerprint density at radius 3 is 2.39 bits per heavy atom. The van der Waals surface area contributed by atoms with Crippen molar-refractivity contribution in [2.45, 2.75) is 25.6 Å². The molecule has 1 aliphatic rings. The number of aromatic nitrogens is 1. The molecular formula is C23H21N3O2. The van der Waals surface area contributed by atoms with Gasteiger partial charge in [0.1, 0.15) is 0 Å². The standard InChI is InChI=1S/C23H21N3O2/c1-16-12-20(18-10-6-3-7-11-18)24-13-19(16)22-21(23(27)28)25-15-26(22)14-17-8-4-2-5-9-17/h2-13,15,21-22H,14H2,1H3,(H,27,28)/t21-,22-/m0/s1. The molecule has 4 rings (SSSR count). The van der Waals surface area contributed by atoms with Crippen molar-refractivity contribution in [3.05, 3.63) is 89.6 Å². The summed E-state index contributed by atoms with van der Waals surface area (Å²) in [6.07, 6.45) is 3.45. The Labute approximate surface area is 164 Å². The first-order chi connectivity index (χ1) is 13.6. The van der Waals surface area contributed by atoms with Gasteiger partial charge in [0.05, 0.1) is 18.1 Å². The number of aliphatic carboxylic acids is 1. The Kier molecular flexibility index (Phi) is 4.89. The maximum absolute atomic E-state index is 11.8. The Morgan fingerprint density at radius 1 is 1.07 bits per heavy atom. The third-order valence-corrected chi connectivity index (χ3v) is 5.03. The number of carboxylic acid groups (broad SMARTS) is 1. The summed E-state index contributed by atoms with van der Waals surface area (Å²) in [5.74, 6) is -0.927. The van der Waals surface area contributed by atoms with Gasteiger partial charge in [0.25, 0.3) is 0 Å². The molecule has 2 atom stereocenters. The molecule has 5 nitrogen and oxygen atoms in total. The van der Waals surface area contributed by atoms with Crippen LogP contribution in [0.1, 0.15) is 22.7 Å². The van der Waals surface area contributed by atoms with Crippen molar-refractivity contribution in [2.75, 3.05) is 0 Å². The summed E-state index contributed by atoms with van der Waals surface area (Å²) < 4.78 is 0.